The summed E-state index contributed by atoms with van der Waals surface area (Å²) in [7, 11) is 1.63. The first kappa shape index (κ1) is 15.1. The zero-order valence-corrected chi connectivity index (χ0v) is 12.5. The molecule has 2 rings (SSSR count). The molecule has 0 aliphatic heterocycles. The van der Waals surface area contributed by atoms with Crippen LogP contribution in [0.15, 0.2) is 18.2 Å². The second kappa shape index (κ2) is 6.02. The Labute approximate surface area is 127 Å². The molecule has 0 unspecified atom stereocenters. The molecular weight excluding hydrogens is 301 g/mol. The number of amides is 1. The van der Waals surface area contributed by atoms with E-state index in [0.717, 1.165) is 12.0 Å². The Morgan fingerprint density at radius 3 is 2.75 bits per heavy atom. The maximum Gasteiger partial charge on any atom is 0.305 e. The minimum atomic E-state index is -0.908. The second-order valence-corrected chi connectivity index (χ2v) is 5.78. The number of benzene rings is 1. The third-order valence-electron chi connectivity index (χ3n) is 3.53. The monoisotopic (exact) mass is 315 g/mol. The number of carbonyl (C=O) groups is 2. The Kier molecular flexibility index (Phi) is 4.55. The number of halogens is 2. The topological polar surface area (TPSA) is 57.6 Å². The molecule has 1 aromatic carbocycles. The molecule has 20 heavy (non-hydrogen) atoms. The number of rotatable bonds is 5. The van der Waals surface area contributed by atoms with Gasteiger partial charge in [0.2, 0.25) is 5.91 Å². The molecule has 1 amide bonds. The van der Waals surface area contributed by atoms with Crippen molar-refractivity contribution in [1.29, 1.82) is 0 Å². The SMILES string of the molecule is CN(CCC(=O)O)C(=O)[C@@H]1C[C@H]1c1cccc(Cl)c1Cl. The molecule has 6 heteroatoms. The minimum absolute atomic E-state index is 0.0349. The van der Waals surface area contributed by atoms with Gasteiger partial charge >= 0.3 is 5.97 Å². The van der Waals surface area contributed by atoms with Gasteiger partial charge in [0, 0.05) is 19.5 Å². The molecule has 0 heterocycles. The first-order chi connectivity index (χ1) is 9.41. The standard InChI is InChI=1S/C14H15Cl2NO3/c1-17(6-5-12(18)19)14(20)10-7-9(10)8-3-2-4-11(15)13(8)16/h2-4,9-10H,5-7H2,1H3,(H,18,19)/t9-,10+/m0/s1. The van der Waals surface area contributed by atoms with Crippen molar-refractivity contribution in [2.75, 3.05) is 13.6 Å². The molecule has 2 atom stereocenters. The second-order valence-electron chi connectivity index (χ2n) is 5.00. The molecule has 0 spiro atoms. The lowest BCUT2D eigenvalue weighted by Crippen LogP contribution is -2.30. The van der Waals surface area contributed by atoms with E-state index in [9.17, 15) is 9.59 Å². The molecule has 1 aliphatic carbocycles. The van der Waals surface area contributed by atoms with Crippen LogP contribution >= 0.6 is 23.2 Å². The van der Waals surface area contributed by atoms with E-state index in [0.29, 0.717) is 10.0 Å². The van der Waals surface area contributed by atoms with Gasteiger partial charge in [-0.3, -0.25) is 9.59 Å². The van der Waals surface area contributed by atoms with Crippen LogP contribution in [0.2, 0.25) is 10.0 Å². The first-order valence-electron chi connectivity index (χ1n) is 6.32. The summed E-state index contributed by atoms with van der Waals surface area (Å²) in [6, 6.07) is 5.41. The van der Waals surface area contributed by atoms with Gasteiger partial charge in [-0.2, -0.15) is 0 Å². The average Bonchev–Trinajstić information content (AvgIpc) is 3.18. The van der Waals surface area contributed by atoms with Gasteiger partial charge in [0.25, 0.3) is 0 Å². The summed E-state index contributed by atoms with van der Waals surface area (Å²) < 4.78 is 0. The highest BCUT2D eigenvalue weighted by molar-refractivity contribution is 6.42. The normalized spacial score (nSPS) is 20.6. The Bertz CT molecular complexity index is 547. The number of hydrogen-bond donors (Lipinski definition) is 1. The van der Waals surface area contributed by atoms with Crippen molar-refractivity contribution < 1.29 is 14.7 Å². The van der Waals surface area contributed by atoms with Crippen LogP contribution in [0.1, 0.15) is 24.3 Å². The van der Waals surface area contributed by atoms with Crippen LogP contribution in [-0.2, 0) is 9.59 Å². The van der Waals surface area contributed by atoms with Crippen LogP contribution in [0.5, 0.6) is 0 Å². The fourth-order valence-corrected chi connectivity index (χ4v) is 2.72. The smallest absolute Gasteiger partial charge is 0.305 e. The van der Waals surface area contributed by atoms with Crippen molar-refractivity contribution in [2.45, 2.75) is 18.8 Å². The van der Waals surface area contributed by atoms with Gasteiger partial charge < -0.3 is 10.0 Å². The number of carbonyl (C=O) groups excluding carboxylic acids is 1. The predicted molar refractivity (Wildman–Crippen MR) is 77.2 cm³/mol. The van der Waals surface area contributed by atoms with Crippen LogP contribution in [0.3, 0.4) is 0 Å². The van der Waals surface area contributed by atoms with E-state index in [4.69, 9.17) is 28.3 Å². The molecule has 1 aliphatic rings. The number of carboxylic acid groups (broad SMARTS) is 1. The Balaban J connectivity index is 1.99. The summed E-state index contributed by atoms with van der Waals surface area (Å²) in [6.07, 6.45) is 0.688. The van der Waals surface area contributed by atoms with Crippen molar-refractivity contribution in [2.24, 2.45) is 5.92 Å². The van der Waals surface area contributed by atoms with E-state index in [-0.39, 0.29) is 30.7 Å². The van der Waals surface area contributed by atoms with Crippen LogP contribution < -0.4 is 0 Å². The van der Waals surface area contributed by atoms with E-state index in [2.05, 4.69) is 0 Å². The van der Waals surface area contributed by atoms with Crippen LogP contribution in [0.25, 0.3) is 0 Å². The zero-order valence-electron chi connectivity index (χ0n) is 11.0. The van der Waals surface area contributed by atoms with Gasteiger partial charge in [0.1, 0.15) is 0 Å². The largest absolute Gasteiger partial charge is 0.481 e. The predicted octanol–water partition coefficient (Wildman–Crippen LogP) is 3.03. The summed E-state index contributed by atoms with van der Waals surface area (Å²) in [5.41, 5.74) is 0.893. The van der Waals surface area contributed by atoms with Gasteiger partial charge in [-0.15, -0.1) is 0 Å². The maximum absolute atomic E-state index is 12.2. The number of carboxylic acids is 1. The molecule has 108 valence electrons. The molecule has 0 aromatic heterocycles. The minimum Gasteiger partial charge on any atom is -0.481 e. The summed E-state index contributed by atoms with van der Waals surface area (Å²) in [5.74, 6) is -0.979. The number of hydrogen-bond acceptors (Lipinski definition) is 2. The van der Waals surface area contributed by atoms with Gasteiger partial charge in [-0.25, -0.2) is 0 Å². The average molecular weight is 316 g/mol. The Hall–Kier alpha value is -1.26. The Morgan fingerprint density at radius 2 is 2.10 bits per heavy atom. The van der Waals surface area contributed by atoms with E-state index < -0.39 is 5.97 Å². The van der Waals surface area contributed by atoms with Gasteiger partial charge in [-0.1, -0.05) is 35.3 Å². The lowest BCUT2D eigenvalue weighted by molar-refractivity contribution is -0.138. The molecule has 0 bridgehead atoms. The van der Waals surface area contributed by atoms with Crippen molar-refractivity contribution in [3.05, 3.63) is 33.8 Å². The molecule has 4 nitrogen and oxygen atoms in total. The molecule has 1 saturated carbocycles. The highest BCUT2D eigenvalue weighted by Gasteiger charge is 2.46. The third-order valence-corrected chi connectivity index (χ3v) is 4.36. The number of nitrogens with zero attached hydrogens (tertiary/aromatic N) is 1. The van der Waals surface area contributed by atoms with Crippen LogP contribution in [-0.4, -0.2) is 35.5 Å². The van der Waals surface area contributed by atoms with Gasteiger partial charge in [0.05, 0.1) is 16.5 Å². The molecular formula is C14H15Cl2NO3. The molecule has 1 N–H and O–H groups in total. The fourth-order valence-electron chi connectivity index (χ4n) is 2.28. The first-order valence-corrected chi connectivity index (χ1v) is 7.08. The van der Waals surface area contributed by atoms with Crippen molar-refractivity contribution in [3.63, 3.8) is 0 Å². The van der Waals surface area contributed by atoms with E-state index in [1.54, 1.807) is 13.1 Å². The third kappa shape index (κ3) is 3.25. The van der Waals surface area contributed by atoms with Crippen LogP contribution in [0, 0.1) is 5.92 Å². The van der Waals surface area contributed by atoms with Crippen molar-refractivity contribution in [3.8, 4) is 0 Å². The molecule has 1 aromatic rings. The lowest BCUT2D eigenvalue weighted by atomic mass is 10.1. The maximum atomic E-state index is 12.2. The fraction of sp³-hybridized carbons (Fsp3) is 0.429. The van der Waals surface area contributed by atoms with E-state index >= 15 is 0 Å². The molecule has 1 fully saturated rings. The van der Waals surface area contributed by atoms with E-state index in [1.807, 2.05) is 12.1 Å². The molecule has 0 saturated heterocycles. The van der Waals surface area contributed by atoms with Crippen LogP contribution in [0.4, 0.5) is 0 Å². The zero-order chi connectivity index (χ0) is 14.9. The van der Waals surface area contributed by atoms with Crippen molar-refractivity contribution >= 4 is 35.1 Å². The van der Waals surface area contributed by atoms with Gasteiger partial charge in [-0.05, 0) is 24.0 Å². The number of aliphatic carboxylic acids is 1. The quantitative estimate of drug-likeness (QED) is 0.908. The van der Waals surface area contributed by atoms with Crippen molar-refractivity contribution in [1.82, 2.24) is 4.90 Å². The molecule has 0 radical (unpaired) electrons. The van der Waals surface area contributed by atoms with E-state index in [1.165, 1.54) is 4.90 Å². The summed E-state index contributed by atoms with van der Waals surface area (Å²) in [4.78, 5) is 24.1. The summed E-state index contributed by atoms with van der Waals surface area (Å²) >= 11 is 12.1. The Morgan fingerprint density at radius 1 is 1.40 bits per heavy atom. The highest BCUT2D eigenvalue weighted by Crippen LogP contribution is 2.51. The highest BCUT2D eigenvalue weighted by atomic mass is 35.5. The summed E-state index contributed by atoms with van der Waals surface area (Å²) in [6.45, 7) is 0.223. The lowest BCUT2D eigenvalue weighted by Gasteiger charge is -2.16. The summed E-state index contributed by atoms with van der Waals surface area (Å²) in [5, 5.41) is 9.62. The van der Waals surface area contributed by atoms with Gasteiger partial charge in [0.15, 0.2) is 0 Å².